The molecule has 7 nitrogen and oxygen atoms in total. The first-order valence-electron chi connectivity index (χ1n) is 11.0. The minimum Gasteiger partial charge on any atom is -0.341 e. The summed E-state index contributed by atoms with van der Waals surface area (Å²) >= 11 is 0. The fraction of sp³-hybridized carbons (Fsp3) is 0.652. The highest BCUT2D eigenvalue weighted by molar-refractivity contribution is 5.79. The Labute approximate surface area is 181 Å². The lowest BCUT2D eigenvalue weighted by Gasteiger charge is -2.28. The van der Waals surface area contributed by atoms with Crippen LogP contribution in [0.2, 0.25) is 0 Å². The van der Waals surface area contributed by atoms with Crippen LogP contribution in [0.4, 0.5) is 0 Å². The fourth-order valence-electron chi connectivity index (χ4n) is 3.75. The smallest absolute Gasteiger partial charge is 0.251 e. The van der Waals surface area contributed by atoms with E-state index >= 15 is 0 Å². The summed E-state index contributed by atoms with van der Waals surface area (Å²) in [6.45, 7) is 20.9. The van der Waals surface area contributed by atoms with Crippen LogP contribution >= 0.6 is 0 Å². The van der Waals surface area contributed by atoms with E-state index in [1.807, 2.05) is 38.7 Å². The monoisotopic (exact) mass is 414 g/mol. The zero-order valence-electron chi connectivity index (χ0n) is 20.0. The molecule has 0 saturated carbocycles. The summed E-state index contributed by atoms with van der Waals surface area (Å²) in [5.74, 6) is 1.15. The molecule has 0 bridgehead atoms. The Balaban J connectivity index is 2.24. The summed E-state index contributed by atoms with van der Waals surface area (Å²) in [5.41, 5.74) is 4.57. The number of likely N-dealkylation sites (N-methyl/N-ethyl adjacent to an activating group) is 1. The predicted molar refractivity (Wildman–Crippen MR) is 121 cm³/mol. The zero-order valence-corrected chi connectivity index (χ0v) is 20.0. The Hall–Kier alpha value is -2.28. The van der Waals surface area contributed by atoms with E-state index in [2.05, 4.69) is 47.7 Å². The first-order chi connectivity index (χ1) is 14.2. The van der Waals surface area contributed by atoms with Crippen molar-refractivity contribution >= 4 is 5.91 Å². The highest BCUT2D eigenvalue weighted by Crippen LogP contribution is 2.18. The average Bonchev–Trinajstić information content (AvgIpc) is 2.95. The highest BCUT2D eigenvalue weighted by Gasteiger charge is 2.22. The largest absolute Gasteiger partial charge is 0.341 e. The van der Waals surface area contributed by atoms with Gasteiger partial charge in [0.1, 0.15) is 0 Å². The molecule has 2 aromatic heterocycles. The van der Waals surface area contributed by atoms with E-state index in [9.17, 15) is 4.79 Å². The lowest BCUT2D eigenvalue weighted by atomic mass is 10.1. The van der Waals surface area contributed by atoms with Crippen molar-refractivity contribution in [3.05, 3.63) is 34.4 Å². The Kier molecular flexibility index (Phi) is 8.53. The van der Waals surface area contributed by atoms with E-state index in [0.717, 1.165) is 61.1 Å². The molecule has 0 fully saturated rings. The Bertz CT molecular complexity index is 833. The van der Waals surface area contributed by atoms with E-state index in [1.165, 1.54) is 0 Å². The molecule has 0 atom stereocenters. The van der Waals surface area contributed by atoms with Gasteiger partial charge in [0, 0.05) is 42.3 Å². The molecule has 166 valence electrons. The molecular formula is C23H38N6O. The third kappa shape index (κ3) is 6.11. The van der Waals surface area contributed by atoms with Crippen molar-refractivity contribution in [2.75, 3.05) is 32.7 Å². The SMILES string of the molecule is CCN(CC)CCN(CC(C)C)C(=O)Cc1c(C)nn(-c2nc(C)cc(C)n2)c1C. The topological polar surface area (TPSA) is 67.2 Å². The Morgan fingerprint density at radius 3 is 2.17 bits per heavy atom. The number of rotatable bonds is 10. The maximum Gasteiger partial charge on any atom is 0.251 e. The molecule has 2 heterocycles. The van der Waals surface area contributed by atoms with Gasteiger partial charge in [-0.2, -0.15) is 5.10 Å². The van der Waals surface area contributed by atoms with Crippen LogP contribution in [0.1, 0.15) is 56.0 Å². The number of nitrogens with zero attached hydrogens (tertiary/aromatic N) is 6. The minimum atomic E-state index is 0.156. The molecule has 0 radical (unpaired) electrons. The molecule has 0 aliphatic heterocycles. The quantitative estimate of drug-likeness (QED) is 0.597. The number of amides is 1. The van der Waals surface area contributed by atoms with Gasteiger partial charge in [0.15, 0.2) is 0 Å². The number of hydrogen-bond acceptors (Lipinski definition) is 5. The standard InChI is InChI=1S/C23H38N6O/c1-9-27(10-2)11-12-28(15-16(3)4)22(30)14-21-19(7)26-29(20(21)8)23-24-17(5)13-18(6)25-23/h13,16H,9-12,14-15H2,1-8H3. The lowest BCUT2D eigenvalue weighted by molar-refractivity contribution is -0.131. The van der Waals surface area contributed by atoms with Gasteiger partial charge >= 0.3 is 0 Å². The van der Waals surface area contributed by atoms with Crippen molar-refractivity contribution < 1.29 is 4.79 Å². The van der Waals surface area contributed by atoms with Crippen molar-refractivity contribution in [1.82, 2.24) is 29.5 Å². The van der Waals surface area contributed by atoms with Crippen LogP contribution in [0, 0.1) is 33.6 Å². The summed E-state index contributed by atoms with van der Waals surface area (Å²) in [5, 5.41) is 4.65. The van der Waals surface area contributed by atoms with Crippen LogP contribution in [0.3, 0.4) is 0 Å². The van der Waals surface area contributed by atoms with E-state index in [0.29, 0.717) is 18.3 Å². The van der Waals surface area contributed by atoms with Gasteiger partial charge in [-0.3, -0.25) is 4.79 Å². The van der Waals surface area contributed by atoms with Crippen LogP contribution in [0.5, 0.6) is 0 Å². The summed E-state index contributed by atoms with van der Waals surface area (Å²) < 4.78 is 1.76. The molecule has 0 spiro atoms. The number of carbonyl (C=O) groups excluding carboxylic acids is 1. The molecule has 7 heteroatoms. The molecule has 2 aromatic rings. The zero-order chi connectivity index (χ0) is 22.4. The van der Waals surface area contributed by atoms with E-state index < -0.39 is 0 Å². The van der Waals surface area contributed by atoms with Gasteiger partial charge in [-0.15, -0.1) is 0 Å². The first kappa shape index (κ1) is 24.0. The summed E-state index contributed by atoms with van der Waals surface area (Å²) in [4.78, 5) is 26.7. The van der Waals surface area contributed by atoms with Gasteiger partial charge in [-0.25, -0.2) is 14.6 Å². The normalized spacial score (nSPS) is 11.5. The second-order valence-corrected chi connectivity index (χ2v) is 8.45. The molecule has 0 unspecified atom stereocenters. The van der Waals surface area contributed by atoms with Gasteiger partial charge < -0.3 is 9.80 Å². The Morgan fingerprint density at radius 2 is 1.63 bits per heavy atom. The van der Waals surface area contributed by atoms with Crippen molar-refractivity contribution in [1.29, 1.82) is 0 Å². The fourth-order valence-corrected chi connectivity index (χ4v) is 3.75. The first-order valence-corrected chi connectivity index (χ1v) is 11.0. The molecule has 0 aromatic carbocycles. The third-order valence-electron chi connectivity index (χ3n) is 5.45. The number of aromatic nitrogens is 4. The van der Waals surface area contributed by atoms with Crippen LogP contribution in [0.15, 0.2) is 6.07 Å². The van der Waals surface area contributed by atoms with Crippen LogP contribution in [-0.4, -0.2) is 68.2 Å². The van der Waals surface area contributed by atoms with Crippen molar-refractivity contribution in [2.24, 2.45) is 5.92 Å². The molecule has 0 saturated heterocycles. The van der Waals surface area contributed by atoms with Crippen molar-refractivity contribution in [3.63, 3.8) is 0 Å². The average molecular weight is 415 g/mol. The number of hydrogen-bond donors (Lipinski definition) is 0. The molecule has 0 N–H and O–H groups in total. The molecule has 2 rings (SSSR count). The maximum absolute atomic E-state index is 13.2. The van der Waals surface area contributed by atoms with E-state index in [1.54, 1.807) is 4.68 Å². The third-order valence-corrected chi connectivity index (χ3v) is 5.45. The molecule has 0 aliphatic rings. The van der Waals surface area contributed by atoms with Gasteiger partial charge in [0.25, 0.3) is 5.95 Å². The second-order valence-electron chi connectivity index (χ2n) is 8.45. The number of carbonyl (C=O) groups is 1. The van der Waals surface area contributed by atoms with Crippen LogP contribution in [0.25, 0.3) is 5.95 Å². The maximum atomic E-state index is 13.2. The molecule has 1 amide bonds. The predicted octanol–water partition coefficient (Wildman–Crippen LogP) is 3.26. The van der Waals surface area contributed by atoms with Crippen molar-refractivity contribution in [3.8, 4) is 5.95 Å². The highest BCUT2D eigenvalue weighted by atomic mass is 16.2. The van der Waals surface area contributed by atoms with E-state index in [-0.39, 0.29) is 5.91 Å². The molecular weight excluding hydrogens is 376 g/mol. The Morgan fingerprint density at radius 1 is 1.03 bits per heavy atom. The van der Waals surface area contributed by atoms with Gasteiger partial charge in [-0.05, 0) is 52.8 Å². The summed E-state index contributed by atoms with van der Waals surface area (Å²) in [6, 6.07) is 1.94. The van der Waals surface area contributed by atoms with Gasteiger partial charge in [0.05, 0.1) is 12.1 Å². The van der Waals surface area contributed by atoms with E-state index in [4.69, 9.17) is 0 Å². The van der Waals surface area contributed by atoms with Gasteiger partial charge in [-0.1, -0.05) is 27.7 Å². The van der Waals surface area contributed by atoms with Crippen molar-refractivity contribution in [2.45, 2.75) is 61.8 Å². The van der Waals surface area contributed by atoms with Crippen LogP contribution in [-0.2, 0) is 11.2 Å². The minimum absolute atomic E-state index is 0.156. The molecule has 0 aliphatic carbocycles. The van der Waals surface area contributed by atoms with Crippen LogP contribution < -0.4 is 0 Å². The lowest BCUT2D eigenvalue weighted by Crippen LogP contribution is -2.41. The molecule has 30 heavy (non-hydrogen) atoms. The van der Waals surface area contributed by atoms with Gasteiger partial charge in [0.2, 0.25) is 5.91 Å². The summed E-state index contributed by atoms with van der Waals surface area (Å²) in [7, 11) is 0. The number of aryl methyl sites for hydroxylation is 3. The second kappa shape index (κ2) is 10.7. The summed E-state index contributed by atoms with van der Waals surface area (Å²) in [6.07, 6.45) is 0.355.